The standard InChI is InChI=1S/C13H18ClNO4S/c1-13(2,3)15(8-7-12(16)17)20(18,19)11-6-4-5-10(14)9-11/h4-6,9H,7-8H2,1-3H3,(H,16,17). The van der Waals surface area contributed by atoms with Crippen LogP contribution in [0, 0.1) is 0 Å². The lowest BCUT2D eigenvalue weighted by atomic mass is 10.1. The van der Waals surface area contributed by atoms with Gasteiger partial charge in [-0.3, -0.25) is 4.79 Å². The molecular formula is C13H18ClNO4S. The number of halogens is 1. The van der Waals surface area contributed by atoms with E-state index in [1.54, 1.807) is 32.9 Å². The van der Waals surface area contributed by atoms with E-state index in [1.807, 2.05) is 0 Å². The second-order valence-electron chi connectivity index (χ2n) is 5.35. The summed E-state index contributed by atoms with van der Waals surface area (Å²) >= 11 is 5.82. The zero-order chi connectivity index (χ0) is 15.6. The number of sulfonamides is 1. The Morgan fingerprint density at radius 1 is 1.35 bits per heavy atom. The van der Waals surface area contributed by atoms with Gasteiger partial charge in [-0.05, 0) is 39.0 Å². The second-order valence-corrected chi connectivity index (χ2v) is 7.65. The number of carbonyl (C=O) groups is 1. The van der Waals surface area contributed by atoms with Crippen molar-refractivity contribution < 1.29 is 18.3 Å². The van der Waals surface area contributed by atoms with Gasteiger partial charge >= 0.3 is 5.97 Å². The van der Waals surface area contributed by atoms with E-state index in [-0.39, 0.29) is 17.9 Å². The van der Waals surface area contributed by atoms with Gasteiger partial charge in [0.25, 0.3) is 0 Å². The molecule has 7 heteroatoms. The minimum absolute atomic E-state index is 0.0605. The Hall–Kier alpha value is -1.11. The third kappa shape index (κ3) is 4.19. The third-order valence-corrected chi connectivity index (χ3v) is 5.06. The van der Waals surface area contributed by atoms with Crippen molar-refractivity contribution >= 4 is 27.6 Å². The van der Waals surface area contributed by atoms with Crippen LogP contribution in [0.3, 0.4) is 0 Å². The lowest BCUT2D eigenvalue weighted by molar-refractivity contribution is -0.137. The first-order chi connectivity index (χ1) is 9.05. The molecule has 0 aliphatic carbocycles. The second kappa shape index (κ2) is 6.11. The molecule has 0 amide bonds. The number of hydrogen-bond acceptors (Lipinski definition) is 3. The maximum atomic E-state index is 12.6. The highest BCUT2D eigenvalue weighted by Crippen LogP contribution is 2.26. The normalized spacial score (nSPS) is 12.7. The summed E-state index contributed by atoms with van der Waals surface area (Å²) in [4.78, 5) is 10.8. The van der Waals surface area contributed by atoms with Gasteiger partial charge in [-0.25, -0.2) is 8.42 Å². The number of rotatable bonds is 5. The van der Waals surface area contributed by atoms with Crippen LogP contribution < -0.4 is 0 Å². The van der Waals surface area contributed by atoms with Crippen LogP contribution in [-0.2, 0) is 14.8 Å². The van der Waals surface area contributed by atoms with Crippen LogP contribution >= 0.6 is 11.6 Å². The minimum Gasteiger partial charge on any atom is -0.481 e. The van der Waals surface area contributed by atoms with Crippen molar-refractivity contribution in [2.24, 2.45) is 0 Å². The van der Waals surface area contributed by atoms with Gasteiger partial charge in [0.1, 0.15) is 0 Å². The molecule has 5 nitrogen and oxygen atoms in total. The fourth-order valence-electron chi connectivity index (χ4n) is 1.77. The number of aliphatic carboxylic acids is 1. The van der Waals surface area contributed by atoms with E-state index in [2.05, 4.69) is 0 Å². The first-order valence-electron chi connectivity index (χ1n) is 6.05. The molecule has 0 saturated carbocycles. The van der Waals surface area contributed by atoms with Crippen molar-refractivity contribution in [3.63, 3.8) is 0 Å². The fourth-order valence-corrected chi connectivity index (χ4v) is 3.86. The SMILES string of the molecule is CC(C)(C)N(CCC(=O)O)S(=O)(=O)c1cccc(Cl)c1. The first-order valence-corrected chi connectivity index (χ1v) is 7.87. The van der Waals surface area contributed by atoms with E-state index in [0.717, 1.165) is 0 Å². The summed E-state index contributed by atoms with van der Waals surface area (Å²) in [6.45, 7) is 5.07. The van der Waals surface area contributed by atoms with E-state index in [0.29, 0.717) is 5.02 Å². The molecule has 0 bridgehead atoms. The molecule has 0 radical (unpaired) electrons. The van der Waals surface area contributed by atoms with Crippen LogP contribution in [0.5, 0.6) is 0 Å². The van der Waals surface area contributed by atoms with Crippen molar-refractivity contribution in [2.45, 2.75) is 37.6 Å². The number of carboxylic acid groups (broad SMARTS) is 1. The molecule has 0 aliphatic rings. The van der Waals surface area contributed by atoms with E-state index in [9.17, 15) is 13.2 Å². The van der Waals surface area contributed by atoms with Crippen molar-refractivity contribution in [3.05, 3.63) is 29.3 Å². The Kier molecular flexibility index (Phi) is 5.18. The van der Waals surface area contributed by atoms with Gasteiger partial charge < -0.3 is 5.11 Å². The third-order valence-electron chi connectivity index (χ3n) is 2.66. The molecule has 0 atom stereocenters. The average Bonchev–Trinajstić information content (AvgIpc) is 2.26. The summed E-state index contributed by atoms with van der Waals surface area (Å²) in [5.74, 6) is -1.04. The molecule has 0 aliphatic heterocycles. The van der Waals surface area contributed by atoms with Gasteiger partial charge in [0.2, 0.25) is 10.0 Å². The van der Waals surface area contributed by atoms with Crippen LogP contribution in [0.15, 0.2) is 29.2 Å². The maximum absolute atomic E-state index is 12.6. The predicted octanol–water partition coefficient (Wildman–Crippen LogP) is 2.60. The van der Waals surface area contributed by atoms with E-state index >= 15 is 0 Å². The van der Waals surface area contributed by atoms with Crippen LogP contribution in [-0.4, -0.2) is 35.9 Å². The molecule has 0 heterocycles. The maximum Gasteiger partial charge on any atom is 0.304 e. The predicted molar refractivity (Wildman–Crippen MR) is 77.3 cm³/mol. The smallest absolute Gasteiger partial charge is 0.304 e. The molecule has 1 rings (SSSR count). The highest BCUT2D eigenvalue weighted by Gasteiger charge is 2.34. The summed E-state index contributed by atoms with van der Waals surface area (Å²) in [6.07, 6.45) is -0.253. The van der Waals surface area contributed by atoms with Gasteiger partial charge in [0.05, 0.1) is 11.3 Å². The molecule has 1 aromatic rings. The molecule has 20 heavy (non-hydrogen) atoms. The Labute approximate surface area is 124 Å². The van der Waals surface area contributed by atoms with Crippen molar-refractivity contribution in [1.82, 2.24) is 4.31 Å². The van der Waals surface area contributed by atoms with Crippen molar-refractivity contribution in [2.75, 3.05) is 6.54 Å². The lowest BCUT2D eigenvalue weighted by Crippen LogP contribution is -2.46. The molecule has 1 aromatic carbocycles. The van der Waals surface area contributed by atoms with Crippen molar-refractivity contribution in [3.8, 4) is 0 Å². The zero-order valence-electron chi connectivity index (χ0n) is 11.6. The van der Waals surface area contributed by atoms with Crippen LogP contribution in [0.4, 0.5) is 0 Å². The van der Waals surface area contributed by atoms with Gasteiger partial charge in [-0.2, -0.15) is 4.31 Å². The summed E-state index contributed by atoms with van der Waals surface area (Å²) in [7, 11) is -3.79. The Morgan fingerprint density at radius 2 is 1.95 bits per heavy atom. The highest BCUT2D eigenvalue weighted by molar-refractivity contribution is 7.89. The first kappa shape index (κ1) is 16.9. The van der Waals surface area contributed by atoms with Gasteiger partial charge in [-0.15, -0.1) is 0 Å². The highest BCUT2D eigenvalue weighted by atomic mass is 35.5. The molecule has 112 valence electrons. The van der Waals surface area contributed by atoms with Crippen LogP contribution in [0.1, 0.15) is 27.2 Å². The fraction of sp³-hybridized carbons (Fsp3) is 0.462. The molecule has 0 aromatic heterocycles. The number of benzene rings is 1. The average molecular weight is 320 g/mol. The monoisotopic (exact) mass is 319 g/mol. The molecular weight excluding hydrogens is 302 g/mol. The van der Waals surface area contributed by atoms with Gasteiger partial charge in [0.15, 0.2) is 0 Å². The molecule has 0 saturated heterocycles. The molecule has 0 fully saturated rings. The molecule has 0 spiro atoms. The number of hydrogen-bond donors (Lipinski definition) is 1. The van der Waals surface area contributed by atoms with E-state index < -0.39 is 21.5 Å². The molecule has 0 unspecified atom stereocenters. The summed E-state index contributed by atoms with van der Waals surface area (Å²) in [5.41, 5.74) is -0.726. The topological polar surface area (TPSA) is 74.7 Å². The van der Waals surface area contributed by atoms with Crippen molar-refractivity contribution in [1.29, 1.82) is 0 Å². The van der Waals surface area contributed by atoms with Crippen LogP contribution in [0.25, 0.3) is 0 Å². The largest absolute Gasteiger partial charge is 0.481 e. The lowest BCUT2D eigenvalue weighted by Gasteiger charge is -2.34. The summed E-state index contributed by atoms with van der Waals surface area (Å²) in [6, 6.07) is 5.93. The minimum atomic E-state index is -3.79. The van der Waals surface area contributed by atoms with E-state index in [4.69, 9.17) is 16.7 Å². The Morgan fingerprint density at radius 3 is 2.40 bits per heavy atom. The van der Waals surface area contributed by atoms with E-state index in [1.165, 1.54) is 16.4 Å². The zero-order valence-corrected chi connectivity index (χ0v) is 13.2. The Bertz CT molecular complexity index is 593. The van der Waals surface area contributed by atoms with Crippen LogP contribution in [0.2, 0.25) is 5.02 Å². The number of carboxylic acids is 1. The number of nitrogens with zero attached hydrogens (tertiary/aromatic N) is 1. The quantitative estimate of drug-likeness (QED) is 0.905. The van der Waals surface area contributed by atoms with Gasteiger partial charge in [0, 0.05) is 17.1 Å². The Balaban J connectivity index is 3.21. The molecule has 1 N–H and O–H groups in total. The van der Waals surface area contributed by atoms with Gasteiger partial charge in [-0.1, -0.05) is 17.7 Å². The summed E-state index contributed by atoms with van der Waals surface area (Å²) in [5, 5.41) is 9.08. The summed E-state index contributed by atoms with van der Waals surface area (Å²) < 4.78 is 26.4.